The molecule has 1 amide bonds. The van der Waals surface area contributed by atoms with E-state index in [1.807, 2.05) is 7.05 Å². The summed E-state index contributed by atoms with van der Waals surface area (Å²) in [5.74, 6) is 0.633. The van der Waals surface area contributed by atoms with Crippen LogP contribution in [0, 0.1) is 5.92 Å². The molecule has 0 aliphatic heterocycles. The fraction of sp³-hybridized carbons (Fsp3) is 0.500. The summed E-state index contributed by atoms with van der Waals surface area (Å²) in [5, 5.41) is 0. The highest BCUT2D eigenvalue weighted by Crippen LogP contribution is 2.26. The predicted octanol–water partition coefficient (Wildman–Crippen LogP) is 0.891. The molecule has 1 fully saturated rings. The molecule has 2 N–H and O–H groups in total. The van der Waals surface area contributed by atoms with E-state index >= 15 is 0 Å². The Bertz CT molecular complexity index is 360. The highest BCUT2D eigenvalue weighted by Gasteiger charge is 2.28. The Labute approximate surface area is 95.5 Å². The Kier molecular flexibility index (Phi) is 3.19. The van der Waals surface area contributed by atoms with Crippen LogP contribution in [0.15, 0.2) is 24.5 Å². The van der Waals surface area contributed by atoms with E-state index in [9.17, 15) is 4.79 Å². The minimum Gasteiger partial charge on any atom is -0.341 e. The Morgan fingerprint density at radius 2 is 2.12 bits per heavy atom. The van der Waals surface area contributed by atoms with Crippen molar-refractivity contribution in [1.82, 2.24) is 9.88 Å². The molecule has 0 spiro atoms. The van der Waals surface area contributed by atoms with Crippen LogP contribution in [0.5, 0.6) is 0 Å². The number of nitrogens with two attached hydrogens (primary N) is 1. The van der Waals surface area contributed by atoms with Crippen molar-refractivity contribution in [1.29, 1.82) is 0 Å². The van der Waals surface area contributed by atoms with Gasteiger partial charge in [0.15, 0.2) is 0 Å². The van der Waals surface area contributed by atoms with Gasteiger partial charge in [0.25, 0.3) is 5.91 Å². The van der Waals surface area contributed by atoms with Crippen LogP contribution in [0.3, 0.4) is 0 Å². The van der Waals surface area contributed by atoms with E-state index in [2.05, 4.69) is 4.98 Å². The molecule has 1 aromatic rings. The standard InChI is InChI=1S/C12H17N3O/c1-15(8-9-6-11(13)7-9)12(16)10-2-4-14-5-3-10/h2-5,9,11H,6-8,13H2,1H3. The van der Waals surface area contributed by atoms with E-state index in [0.29, 0.717) is 17.5 Å². The molecule has 0 aromatic carbocycles. The molecule has 1 aromatic heterocycles. The summed E-state index contributed by atoms with van der Waals surface area (Å²) in [6, 6.07) is 3.82. The number of aromatic nitrogens is 1. The zero-order chi connectivity index (χ0) is 11.5. The van der Waals surface area contributed by atoms with E-state index < -0.39 is 0 Å². The molecule has 1 aliphatic carbocycles. The maximum Gasteiger partial charge on any atom is 0.253 e. The second-order valence-electron chi connectivity index (χ2n) is 4.52. The minimum atomic E-state index is 0.0582. The summed E-state index contributed by atoms with van der Waals surface area (Å²) < 4.78 is 0. The summed E-state index contributed by atoms with van der Waals surface area (Å²) in [7, 11) is 1.84. The molecule has 4 heteroatoms. The van der Waals surface area contributed by atoms with E-state index in [-0.39, 0.29) is 5.91 Å². The van der Waals surface area contributed by atoms with Gasteiger partial charge in [0.2, 0.25) is 0 Å². The van der Waals surface area contributed by atoms with Crippen LogP contribution in [0.25, 0.3) is 0 Å². The van der Waals surface area contributed by atoms with Gasteiger partial charge in [-0.25, -0.2) is 0 Å². The van der Waals surface area contributed by atoms with Crippen molar-refractivity contribution in [2.45, 2.75) is 18.9 Å². The fourth-order valence-electron chi connectivity index (χ4n) is 2.12. The first-order valence-electron chi connectivity index (χ1n) is 5.58. The quantitative estimate of drug-likeness (QED) is 0.821. The average Bonchev–Trinajstić information content (AvgIpc) is 2.27. The number of nitrogens with zero attached hydrogens (tertiary/aromatic N) is 2. The number of carbonyl (C=O) groups excluding carboxylic acids is 1. The van der Waals surface area contributed by atoms with Gasteiger partial charge in [0.1, 0.15) is 0 Å². The molecule has 0 unspecified atom stereocenters. The number of carbonyl (C=O) groups is 1. The maximum absolute atomic E-state index is 12.0. The zero-order valence-electron chi connectivity index (χ0n) is 9.47. The number of hydrogen-bond acceptors (Lipinski definition) is 3. The molecule has 0 saturated heterocycles. The van der Waals surface area contributed by atoms with Gasteiger partial charge in [-0.1, -0.05) is 0 Å². The van der Waals surface area contributed by atoms with Crippen molar-refractivity contribution < 1.29 is 4.79 Å². The Morgan fingerprint density at radius 1 is 1.50 bits per heavy atom. The molecule has 86 valence electrons. The maximum atomic E-state index is 12.0. The van der Waals surface area contributed by atoms with Crippen molar-refractivity contribution >= 4 is 5.91 Å². The smallest absolute Gasteiger partial charge is 0.253 e. The molecule has 1 heterocycles. The van der Waals surface area contributed by atoms with E-state index in [0.717, 1.165) is 19.4 Å². The molecular weight excluding hydrogens is 202 g/mol. The monoisotopic (exact) mass is 219 g/mol. The van der Waals surface area contributed by atoms with Gasteiger partial charge in [0.05, 0.1) is 0 Å². The van der Waals surface area contributed by atoms with Gasteiger partial charge in [-0.15, -0.1) is 0 Å². The summed E-state index contributed by atoms with van der Waals surface area (Å²) in [6.45, 7) is 0.800. The third-order valence-corrected chi connectivity index (χ3v) is 3.08. The number of rotatable bonds is 3. The molecule has 4 nitrogen and oxygen atoms in total. The zero-order valence-corrected chi connectivity index (χ0v) is 9.47. The van der Waals surface area contributed by atoms with Gasteiger partial charge in [-0.05, 0) is 30.9 Å². The van der Waals surface area contributed by atoms with Crippen LogP contribution in [0.4, 0.5) is 0 Å². The largest absolute Gasteiger partial charge is 0.341 e. The Hall–Kier alpha value is -1.42. The van der Waals surface area contributed by atoms with Crippen LogP contribution in [-0.2, 0) is 0 Å². The number of hydrogen-bond donors (Lipinski definition) is 1. The number of pyridine rings is 1. The van der Waals surface area contributed by atoms with Gasteiger partial charge in [-0.3, -0.25) is 9.78 Å². The van der Waals surface area contributed by atoms with Crippen molar-refractivity contribution in [3.8, 4) is 0 Å². The summed E-state index contributed by atoms with van der Waals surface area (Å²) >= 11 is 0. The molecular formula is C12H17N3O. The van der Waals surface area contributed by atoms with E-state index in [1.54, 1.807) is 29.4 Å². The van der Waals surface area contributed by atoms with Crippen LogP contribution in [-0.4, -0.2) is 35.4 Å². The predicted molar refractivity (Wildman–Crippen MR) is 61.9 cm³/mol. The first-order valence-corrected chi connectivity index (χ1v) is 5.58. The first-order chi connectivity index (χ1) is 7.66. The second-order valence-corrected chi connectivity index (χ2v) is 4.52. The molecule has 0 atom stereocenters. The molecule has 1 saturated carbocycles. The fourth-order valence-corrected chi connectivity index (χ4v) is 2.12. The SMILES string of the molecule is CN(CC1CC(N)C1)C(=O)c1ccncc1. The van der Waals surface area contributed by atoms with E-state index in [4.69, 9.17) is 5.73 Å². The lowest BCUT2D eigenvalue weighted by atomic mass is 9.80. The lowest BCUT2D eigenvalue weighted by Crippen LogP contribution is -2.43. The normalized spacial score (nSPS) is 23.6. The number of amides is 1. The summed E-state index contributed by atoms with van der Waals surface area (Å²) in [4.78, 5) is 17.6. The third kappa shape index (κ3) is 2.39. The minimum absolute atomic E-state index is 0.0582. The van der Waals surface area contributed by atoms with Gasteiger partial charge >= 0.3 is 0 Å². The molecule has 2 rings (SSSR count). The van der Waals surface area contributed by atoms with Crippen LogP contribution < -0.4 is 5.73 Å². The van der Waals surface area contributed by atoms with Crippen molar-refractivity contribution in [2.75, 3.05) is 13.6 Å². The third-order valence-electron chi connectivity index (χ3n) is 3.08. The highest BCUT2D eigenvalue weighted by atomic mass is 16.2. The van der Waals surface area contributed by atoms with Gasteiger partial charge < -0.3 is 10.6 Å². The van der Waals surface area contributed by atoms with Gasteiger partial charge in [0, 0.05) is 37.6 Å². The van der Waals surface area contributed by atoms with Crippen molar-refractivity contribution in [3.05, 3.63) is 30.1 Å². The molecule has 0 bridgehead atoms. The lowest BCUT2D eigenvalue weighted by Gasteiger charge is -2.35. The summed E-state index contributed by atoms with van der Waals surface area (Å²) in [5.41, 5.74) is 6.42. The molecule has 16 heavy (non-hydrogen) atoms. The van der Waals surface area contributed by atoms with Crippen molar-refractivity contribution in [2.24, 2.45) is 11.7 Å². The second kappa shape index (κ2) is 4.61. The molecule has 0 radical (unpaired) electrons. The average molecular weight is 219 g/mol. The molecule has 1 aliphatic rings. The first kappa shape index (κ1) is 11.1. The summed E-state index contributed by atoms with van der Waals surface area (Å²) in [6.07, 6.45) is 5.35. The van der Waals surface area contributed by atoms with Crippen LogP contribution in [0.1, 0.15) is 23.2 Å². The highest BCUT2D eigenvalue weighted by molar-refractivity contribution is 5.93. The van der Waals surface area contributed by atoms with E-state index in [1.165, 1.54) is 0 Å². The van der Waals surface area contributed by atoms with Gasteiger partial charge in [-0.2, -0.15) is 0 Å². The Balaban J connectivity index is 1.90. The van der Waals surface area contributed by atoms with Crippen LogP contribution in [0.2, 0.25) is 0 Å². The lowest BCUT2D eigenvalue weighted by molar-refractivity contribution is 0.0734. The topological polar surface area (TPSA) is 59.2 Å². The van der Waals surface area contributed by atoms with Crippen LogP contribution >= 0.6 is 0 Å². The Morgan fingerprint density at radius 3 is 2.69 bits per heavy atom. The van der Waals surface area contributed by atoms with Crippen molar-refractivity contribution in [3.63, 3.8) is 0 Å².